The Morgan fingerprint density at radius 1 is 1.35 bits per heavy atom. The van der Waals surface area contributed by atoms with Gasteiger partial charge >= 0.3 is 0 Å². The molecule has 0 amide bonds. The predicted molar refractivity (Wildman–Crippen MR) is 76.5 cm³/mol. The summed E-state index contributed by atoms with van der Waals surface area (Å²) in [6, 6.07) is 5.16. The van der Waals surface area contributed by atoms with Crippen LogP contribution in [0, 0.1) is 19.7 Å². The zero-order valence-electron chi connectivity index (χ0n) is 12.3. The monoisotopic (exact) mass is 277 g/mol. The molecule has 2 aromatic rings. The molecule has 0 saturated heterocycles. The second kappa shape index (κ2) is 6.05. The van der Waals surface area contributed by atoms with E-state index in [4.69, 9.17) is 4.74 Å². The molecule has 0 bridgehead atoms. The maximum absolute atomic E-state index is 14.2. The number of aromatic nitrogens is 2. The first kappa shape index (κ1) is 14.5. The minimum absolute atomic E-state index is 0.263. The molecule has 1 N–H and O–H groups in total. The number of hydrogen-bond donors (Lipinski definition) is 1. The quantitative estimate of drug-likeness (QED) is 0.912. The first-order chi connectivity index (χ1) is 9.58. The number of nitrogens with zero attached hydrogens (tertiary/aromatic N) is 2. The van der Waals surface area contributed by atoms with Crippen LogP contribution in [0.5, 0.6) is 5.75 Å². The molecular weight excluding hydrogens is 257 g/mol. The van der Waals surface area contributed by atoms with Gasteiger partial charge in [0.2, 0.25) is 0 Å². The van der Waals surface area contributed by atoms with Crippen LogP contribution in [-0.2, 0) is 13.1 Å². The summed E-state index contributed by atoms with van der Waals surface area (Å²) in [5.74, 6) is -0.0581. The van der Waals surface area contributed by atoms with Crippen LogP contribution in [0.2, 0.25) is 0 Å². The Balaban J connectivity index is 2.33. The SMILES string of the molecule is CNCc1c(C)nn(Cc2cccc(OC)c2F)c1C. The lowest BCUT2D eigenvalue weighted by Gasteiger charge is -2.09. The molecule has 0 saturated carbocycles. The Kier molecular flexibility index (Phi) is 4.39. The molecule has 0 spiro atoms. The van der Waals surface area contributed by atoms with Crippen molar-refractivity contribution in [3.8, 4) is 5.75 Å². The zero-order chi connectivity index (χ0) is 14.7. The third kappa shape index (κ3) is 2.67. The van der Waals surface area contributed by atoms with Crippen molar-refractivity contribution in [1.29, 1.82) is 0 Å². The van der Waals surface area contributed by atoms with Crippen molar-refractivity contribution >= 4 is 0 Å². The molecule has 1 aromatic heterocycles. The highest BCUT2D eigenvalue weighted by Gasteiger charge is 2.14. The van der Waals surface area contributed by atoms with Gasteiger partial charge in [-0.2, -0.15) is 5.10 Å². The summed E-state index contributed by atoms with van der Waals surface area (Å²) in [5, 5.41) is 7.61. The van der Waals surface area contributed by atoms with Crippen LogP contribution >= 0.6 is 0 Å². The molecule has 0 aliphatic rings. The van der Waals surface area contributed by atoms with Gasteiger partial charge in [0.25, 0.3) is 0 Å². The zero-order valence-corrected chi connectivity index (χ0v) is 12.3. The lowest BCUT2D eigenvalue weighted by atomic mass is 10.1. The number of methoxy groups -OCH3 is 1. The second-order valence-electron chi connectivity index (χ2n) is 4.77. The lowest BCUT2D eigenvalue weighted by Crippen LogP contribution is -2.09. The predicted octanol–water partition coefficient (Wildman–Crippen LogP) is 2.42. The highest BCUT2D eigenvalue weighted by Crippen LogP contribution is 2.22. The maximum atomic E-state index is 14.2. The molecule has 0 unspecified atom stereocenters. The van der Waals surface area contributed by atoms with Crippen molar-refractivity contribution in [3.05, 3.63) is 46.5 Å². The fourth-order valence-corrected chi connectivity index (χ4v) is 2.32. The number of nitrogens with one attached hydrogen (secondary N) is 1. The first-order valence-electron chi connectivity index (χ1n) is 6.57. The Hall–Kier alpha value is -1.88. The highest BCUT2D eigenvalue weighted by atomic mass is 19.1. The van der Waals surface area contributed by atoms with Crippen molar-refractivity contribution in [1.82, 2.24) is 15.1 Å². The van der Waals surface area contributed by atoms with Crippen molar-refractivity contribution < 1.29 is 9.13 Å². The van der Waals surface area contributed by atoms with Crippen LogP contribution in [0.4, 0.5) is 4.39 Å². The van der Waals surface area contributed by atoms with Gasteiger partial charge in [0, 0.05) is 23.4 Å². The summed E-state index contributed by atoms with van der Waals surface area (Å²) in [6.45, 7) is 5.14. The van der Waals surface area contributed by atoms with Gasteiger partial charge < -0.3 is 10.1 Å². The van der Waals surface area contributed by atoms with Gasteiger partial charge in [-0.05, 0) is 27.0 Å². The molecule has 2 rings (SSSR count). The maximum Gasteiger partial charge on any atom is 0.170 e. The molecule has 5 heteroatoms. The van der Waals surface area contributed by atoms with E-state index >= 15 is 0 Å². The molecule has 4 nitrogen and oxygen atoms in total. The van der Waals surface area contributed by atoms with Crippen LogP contribution in [0.3, 0.4) is 0 Å². The smallest absolute Gasteiger partial charge is 0.170 e. The minimum atomic E-state index is -0.322. The van der Waals surface area contributed by atoms with Crippen LogP contribution in [0.1, 0.15) is 22.5 Å². The van der Waals surface area contributed by atoms with E-state index in [1.807, 2.05) is 25.6 Å². The summed E-state index contributed by atoms with van der Waals surface area (Å²) in [6.07, 6.45) is 0. The standard InChI is InChI=1S/C15H20FN3O/c1-10-13(8-17-3)11(2)19(18-10)9-12-6-5-7-14(20-4)15(12)16/h5-7,17H,8-9H2,1-4H3. The summed E-state index contributed by atoms with van der Waals surface area (Å²) in [4.78, 5) is 0. The Bertz CT molecular complexity index is 607. The molecule has 0 fully saturated rings. The number of benzene rings is 1. The van der Waals surface area contributed by atoms with E-state index in [9.17, 15) is 4.39 Å². The van der Waals surface area contributed by atoms with Crippen LogP contribution in [0.25, 0.3) is 0 Å². The van der Waals surface area contributed by atoms with Crippen molar-refractivity contribution in [2.75, 3.05) is 14.2 Å². The number of halogens is 1. The average molecular weight is 277 g/mol. The molecule has 0 aliphatic heterocycles. The van der Waals surface area contributed by atoms with Gasteiger partial charge in [-0.25, -0.2) is 4.39 Å². The Morgan fingerprint density at radius 2 is 2.10 bits per heavy atom. The third-order valence-electron chi connectivity index (χ3n) is 3.47. The van der Waals surface area contributed by atoms with E-state index in [1.165, 1.54) is 7.11 Å². The fraction of sp³-hybridized carbons (Fsp3) is 0.400. The molecule has 0 radical (unpaired) electrons. The number of hydrogen-bond acceptors (Lipinski definition) is 3. The topological polar surface area (TPSA) is 39.1 Å². The fourth-order valence-electron chi connectivity index (χ4n) is 2.32. The number of rotatable bonds is 5. The van der Waals surface area contributed by atoms with E-state index in [1.54, 1.807) is 18.2 Å². The van der Waals surface area contributed by atoms with E-state index in [0.29, 0.717) is 12.1 Å². The van der Waals surface area contributed by atoms with E-state index in [2.05, 4.69) is 10.4 Å². The van der Waals surface area contributed by atoms with Gasteiger partial charge in [0.15, 0.2) is 11.6 Å². The average Bonchev–Trinajstić information content (AvgIpc) is 2.69. The number of aryl methyl sites for hydroxylation is 1. The van der Waals surface area contributed by atoms with Gasteiger partial charge in [-0.15, -0.1) is 0 Å². The molecule has 0 atom stereocenters. The molecule has 0 aliphatic carbocycles. The van der Waals surface area contributed by atoms with E-state index in [-0.39, 0.29) is 11.6 Å². The summed E-state index contributed by atoms with van der Waals surface area (Å²) in [5.41, 5.74) is 3.76. The Morgan fingerprint density at radius 3 is 2.75 bits per heavy atom. The van der Waals surface area contributed by atoms with Crippen molar-refractivity contribution in [2.24, 2.45) is 0 Å². The lowest BCUT2D eigenvalue weighted by molar-refractivity contribution is 0.383. The molecule has 20 heavy (non-hydrogen) atoms. The Labute approximate surface area is 118 Å². The second-order valence-corrected chi connectivity index (χ2v) is 4.77. The summed E-state index contributed by atoms with van der Waals surface area (Å²) < 4.78 is 21.0. The van der Waals surface area contributed by atoms with E-state index < -0.39 is 0 Å². The van der Waals surface area contributed by atoms with Gasteiger partial charge in [0.1, 0.15) is 0 Å². The number of ether oxygens (including phenoxy) is 1. The summed E-state index contributed by atoms with van der Waals surface area (Å²) in [7, 11) is 3.37. The normalized spacial score (nSPS) is 10.8. The molecule has 1 aromatic carbocycles. The molecular formula is C15H20FN3O. The van der Waals surface area contributed by atoms with Gasteiger partial charge in [0.05, 0.1) is 19.3 Å². The summed E-state index contributed by atoms with van der Waals surface area (Å²) >= 11 is 0. The van der Waals surface area contributed by atoms with Gasteiger partial charge in [-0.3, -0.25) is 4.68 Å². The molecule has 1 heterocycles. The van der Waals surface area contributed by atoms with Crippen LogP contribution in [-0.4, -0.2) is 23.9 Å². The van der Waals surface area contributed by atoms with Crippen LogP contribution in [0.15, 0.2) is 18.2 Å². The minimum Gasteiger partial charge on any atom is -0.494 e. The van der Waals surface area contributed by atoms with Crippen LogP contribution < -0.4 is 10.1 Å². The largest absolute Gasteiger partial charge is 0.494 e. The first-order valence-corrected chi connectivity index (χ1v) is 6.57. The highest BCUT2D eigenvalue weighted by molar-refractivity contribution is 5.32. The van der Waals surface area contributed by atoms with Gasteiger partial charge in [-0.1, -0.05) is 12.1 Å². The third-order valence-corrected chi connectivity index (χ3v) is 3.47. The van der Waals surface area contributed by atoms with Crippen molar-refractivity contribution in [3.63, 3.8) is 0 Å². The van der Waals surface area contributed by atoms with E-state index in [0.717, 1.165) is 23.5 Å². The molecule has 108 valence electrons. The van der Waals surface area contributed by atoms with Crippen molar-refractivity contribution in [2.45, 2.75) is 26.9 Å².